The highest BCUT2D eigenvalue weighted by Crippen LogP contribution is 2.36. The van der Waals surface area contributed by atoms with Crippen molar-refractivity contribution < 1.29 is 9.53 Å². The second kappa shape index (κ2) is 12.4. The first-order valence-corrected chi connectivity index (χ1v) is 13.3. The van der Waals surface area contributed by atoms with Crippen LogP contribution in [0.4, 0.5) is 5.82 Å². The van der Waals surface area contributed by atoms with Crippen LogP contribution in [0, 0.1) is 6.92 Å². The van der Waals surface area contributed by atoms with Gasteiger partial charge < -0.3 is 20.7 Å². The van der Waals surface area contributed by atoms with E-state index in [-0.39, 0.29) is 23.5 Å². The number of carbonyl (C=O) groups is 1. The number of nitrogen functional groups attached to an aromatic ring is 1. The van der Waals surface area contributed by atoms with E-state index in [9.17, 15) is 4.79 Å². The third kappa shape index (κ3) is 6.79. The minimum Gasteiger partial charge on any atom is -0.492 e. The Morgan fingerprint density at radius 2 is 1.86 bits per heavy atom. The topological polar surface area (TPSA) is 93.4 Å². The minimum absolute atomic E-state index is 0.115. The smallest absolute Gasteiger partial charge is 0.273 e. The number of halogens is 1. The van der Waals surface area contributed by atoms with E-state index >= 15 is 0 Å². The summed E-state index contributed by atoms with van der Waals surface area (Å²) in [7, 11) is 4.06. The maximum atomic E-state index is 13.2. The number of anilines is 1. The van der Waals surface area contributed by atoms with E-state index in [0.717, 1.165) is 55.3 Å². The Labute approximate surface area is 224 Å². The summed E-state index contributed by atoms with van der Waals surface area (Å²) >= 11 is 6.47. The van der Waals surface area contributed by atoms with Crippen molar-refractivity contribution in [3.63, 3.8) is 0 Å². The number of nitrogens with one attached hydrogen (secondary N) is 1. The van der Waals surface area contributed by atoms with Crippen molar-refractivity contribution in [2.24, 2.45) is 0 Å². The highest BCUT2D eigenvalue weighted by Gasteiger charge is 2.24. The molecule has 1 aromatic heterocycles. The fraction of sp³-hybridized carbons (Fsp3) is 0.414. The number of nitrogens with two attached hydrogens (primary N) is 1. The summed E-state index contributed by atoms with van der Waals surface area (Å²) in [6, 6.07) is 13.6. The molecule has 1 heterocycles. The second-order valence-electron chi connectivity index (χ2n) is 9.93. The van der Waals surface area contributed by atoms with Gasteiger partial charge in [0.2, 0.25) is 0 Å². The lowest BCUT2D eigenvalue weighted by atomic mass is 9.95. The highest BCUT2D eigenvalue weighted by atomic mass is 35.5. The van der Waals surface area contributed by atoms with Crippen LogP contribution in [-0.4, -0.2) is 54.1 Å². The summed E-state index contributed by atoms with van der Waals surface area (Å²) < 4.78 is 6.01. The van der Waals surface area contributed by atoms with Crippen LogP contribution in [0.5, 0.6) is 5.75 Å². The summed E-state index contributed by atoms with van der Waals surface area (Å²) in [4.78, 5) is 24.9. The molecule has 0 atom stereocenters. The number of nitrogens with zero attached hydrogens (tertiary/aromatic N) is 3. The van der Waals surface area contributed by atoms with Gasteiger partial charge in [0.05, 0.1) is 23.0 Å². The van der Waals surface area contributed by atoms with E-state index in [1.165, 1.54) is 6.42 Å². The van der Waals surface area contributed by atoms with Crippen molar-refractivity contribution in [3.05, 3.63) is 58.7 Å². The van der Waals surface area contributed by atoms with E-state index < -0.39 is 0 Å². The molecule has 0 radical (unpaired) electrons. The first-order chi connectivity index (χ1) is 17.8. The second-order valence-corrected chi connectivity index (χ2v) is 10.3. The first-order valence-electron chi connectivity index (χ1n) is 13.0. The Morgan fingerprint density at radius 1 is 1.11 bits per heavy atom. The first kappa shape index (κ1) is 26.9. The zero-order chi connectivity index (χ0) is 26.4. The summed E-state index contributed by atoms with van der Waals surface area (Å²) in [6.07, 6.45) is 6.25. The number of aromatic nitrogens is 2. The normalized spacial score (nSPS) is 14.1. The fourth-order valence-electron chi connectivity index (χ4n) is 4.67. The van der Waals surface area contributed by atoms with Gasteiger partial charge in [-0.1, -0.05) is 61.2 Å². The number of hydrogen-bond donors (Lipinski definition) is 2. The van der Waals surface area contributed by atoms with Gasteiger partial charge in [-0.25, -0.2) is 9.97 Å². The fourth-order valence-corrected chi connectivity index (χ4v) is 4.84. The number of benzene rings is 2. The minimum atomic E-state index is -0.288. The van der Waals surface area contributed by atoms with Crippen LogP contribution in [0.3, 0.4) is 0 Å². The van der Waals surface area contributed by atoms with E-state index in [1.807, 2.05) is 57.4 Å². The van der Waals surface area contributed by atoms with Gasteiger partial charge in [0.1, 0.15) is 5.75 Å². The molecule has 0 bridgehead atoms. The molecule has 1 amide bonds. The Morgan fingerprint density at radius 3 is 2.59 bits per heavy atom. The Balaban J connectivity index is 1.73. The average molecular weight is 522 g/mol. The van der Waals surface area contributed by atoms with Crippen molar-refractivity contribution in [2.45, 2.75) is 51.5 Å². The van der Waals surface area contributed by atoms with Gasteiger partial charge >= 0.3 is 0 Å². The largest absolute Gasteiger partial charge is 0.492 e. The molecule has 0 aliphatic heterocycles. The molecule has 8 heteroatoms. The molecule has 4 rings (SSSR count). The van der Waals surface area contributed by atoms with E-state index in [2.05, 4.69) is 10.2 Å². The van der Waals surface area contributed by atoms with E-state index in [1.54, 1.807) is 6.07 Å². The third-order valence-electron chi connectivity index (χ3n) is 6.69. The number of aryl methyl sites for hydroxylation is 1. The van der Waals surface area contributed by atoms with Crippen molar-refractivity contribution in [1.29, 1.82) is 0 Å². The summed E-state index contributed by atoms with van der Waals surface area (Å²) in [6.45, 7) is 3.47. The van der Waals surface area contributed by atoms with Crippen LogP contribution in [0.15, 0.2) is 42.5 Å². The number of carbonyl (C=O) groups excluding carboxylic acids is 1. The summed E-state index contributed by atoms with van der Waals surface area (Å²) in [5.74, 6) is 0.397. The van der Waals surface area contributed by atoms with Crippen LogP contribution in [-0.2, 0) is 0 Å². The maximum Gasteiger partial charge on any atom is 0.273 e. The number of ether oxygens (including phenoxy) is 1. The van der Waals surface area contributed by atoms with Crippen LogP contribution in [0.25, 0.3) is 22.5 Å². The van der Waals surface area contributed by atoms with Crippen LogP contribution in [0.2, 0.25) is 5.02 Å². The molecule has 2 aromatic carbocycles. The molecule has 3 N–H and O–H groups in total. The van der Waals surface area contributed by atoms with Gasteiger partial charge in [-0.3, -0.25) is 4.79 Å². The molecule has 1 saturated carbocycles. The third-order valence-corrected chi connectivity index (χ3v) is 7.00. The van der Waals surface area contributed by atoms with Crippen molar-refractivity contribution >= 4 is 23.3 Å². The van der Waals surface area contributed by atoms with Crippen molar-refractivity contribution in [2.75, 3.05) is 33.0 Å². The molecule has 37 heavy (non-hydrogen) atoms. The lowest BCUT2D eigenvalue weighted by Crippen LogP contribution is -2.37. The van der Waals surface area contributed by atoms with Crippen LogP contribution < -0.4 is 15.8 Å². The van der Waals surface area contributed by atoms with Crippen LogP contribution >= 0.6 is 11.6 Å². The lowest BCUT2D eigenvalue weighted by molar-refractivity contribution is 0.0923. The van der Waals surface area contributed by atoms with Gasteiger partial charge in [-0.05, 0) is 58.0 Å². The van der Waals surface area contributed by atoms with Gasteiger partial charge in [0.25, 0.3) is 5.91 Å². The molecule has 0 saturated heterocycles. The van der Waals surface area contributed by atoms with Gasteiger partial charge in [0.15, 0.2) is 11.5 Å². The average Bonchev–Trinajstić information content (AvgIpc) is 2.88. The molecule has 0 unspecified atom stereocenters. The quantitative estimate of drug-likeness (QED) is 0.348. The van der Waals surface area contributed by atoms with E-state index in [4.69, 9.17) is 32.0 Å². The van der Waals surface area contributed by atoms with Crippen molar-refractivity contribution in [1.82, 2.24) is 20.2 Å². The molecule has 196 valence electrons. The van der Waals surface area contributed by atoms with Gasteiger partial charge in [0, 0.05) is 23.7 Å². The zero-order valence-corrected chi connectivity index (χ0v) is 22.6. The molecule has 1 aliphatic carbocycles. The molecule has 1 fully saturated rings. The monoisotopic (exact) mass is 521 g/mol. The number of hydrogen-bond acceptors (Lipinski definition) is 6. The summed E-state index contributed by atoms with van der Waals surface area (Å²) in [5, 5.41) is 3.64. The van der Waals surface area contributed by atoms with Gasteiger partial charge in [-0.2, -0.15) is 0 Å². The van der Waals surface area contributed by atoms with E-state index in [0.29, 0.717) is 28.8 Å². The number of amides is 1. The zero-order valence-electron chi connectivity index (χ0n) is 21.9. The Bertz CT molecular complexity index is 1240. The highest BCUT2D eigenvalue weighted by molar-refractivity contribution is 6.32. The predicted molar refractivity (Wildman–Crippen MR) is 150 cm³/mol. The molecule has 3 aromatic rings. The predicted octanol–water partition coefficient (Wildman–Crippen LogP) is 5.75. The maximum absolute atomic E-state index is 13.2. The van der Waals surface area contributed by atoms with Gasteiger partial charge in [-0.15, -0.1) is 0 Å². The lowest BCUT2D eigenvalue weighted by Gasteiger charge is -2.23. The molecule has 0 spiro atoms. The van der Waals surface area contributed by atoms with Crippen LogP contribution in [0.1, 0.15) is 54.6 Å². The Hall–Kier alpha value is -3.16. The summed E-state index contributed by atoms with van der Waals surface area (Å²) in [5.41, 5.74) is 10.3. The standard InChI is InChI=1S/C29H36ClN5O2/c1-19-10-7-8-13-22(19)26-25(20-14-15-23(30)24(18-20)37-17-9-16-35(2)3)33-27(28(31)34-26)29(36)32-21-11-5-4-6-12-21/h7-8,10,13-15,18,21H,4-6,9,11-12,16-17H2,1-3H3,(H2,31,34)(H,32,36). The molecular weight excluding hydrogens is 486 g/mol. The molecular formula is C29H36ClN5O2. The van der Waals surface area contributed by atoms with Crippen molar-refractivity contribution in [3.8, 4) is 28.3 Å². The molecule has 1 aliphatic rings. The SMILES string of the molecule is Cc1ccccc1-c1nc(N)c(C(=O)NC2CCCCC2)nc1-c1ccc(Cl)c(OCCCN(C)C)c1. The Kier molecular flexibility index (Phi) is 9.00. The number of rotatable bonds is 9. The molecule has 7 nitrogen and oxygen atoms in total.